The number of rotatable bonds is 2. The summed E-state index contributed by atoms with van der Waals surface area (Å²) >= 11 is 0. The highest BCUT2D eigenvalue weighted by Gasteiger charge is 2.34. The molecule has 0 spiro atoms. The van der Waals surface area contributed by atoms with E-state index in [1.165, 1.54) is 11.1 Å². The molecule has 2 unspecified atom stereocenters. The van der Waals surface area contributed by atoms with Gasteiger partial charge in [0.1, 0.15) is 0 Å². The molecular weight excluding hydrogens is 250 g/mol. The van der Waals surface area contributed by atoms with E-state index in [0.29, 0.717) is 18.4 Å². The molecule has 1 saturated heterocycles. The molecule has 1 amide bonds. The van der Waals surface area contributed by atoms with Gasteiger partial charge in [0.2, 0.25) is 5.91 Å². The zero-order valence-corrected chi connectivity index (χ0v) is 12.3. The lowest BCUT2D eigenvalue weighted by Crippen LogP contribution is -2.33. The van der Waals surface area contributed by atoms with Gasteiger partial charge in [-0.15, -0.1) is 0 Å². The number of likely N-dealkylation sites (tertiary alicyclic amines) is 1. The lowest BCUT2D eigenvalue weighted by Gasteiger charge is -2.32. The first-order chi connectivity index (χ1) is 9.61. The molecule has 2 N–H and O–H groups in total. The maximum atomic E-state index is 12.0. The van der Waals surface area contributed by atoms with Crippen LogP contribution in [0.15, 0.2) is 18.2 Å². The molecule has 0 aliphatic carbocycles. The Hall–Kier alpha value is -1.39. The van der Waals surface area contributed by atoms with E-state index in [1.807, 2.05) is 11.9 Å². The average molecular weight is 273 g/mol. The van der Waals surface area contributed by atoms with Crippen molar-refractivity contribution in [3.63, 3.8) is 0 Å². The fourth-order valence-electron chi connectivity index (χ4n) is 3.66. The van der Waals surface area contributed by atoms with E-state index in [2.05, 4.69) is 30.1 Å². The van der Waals surface area contributed by atoms with Crippen LogP contribution in [0.1, 0.15) is 30.0 Å². The SMILES string of the molecule is CN1C(=O)CCc2cccc(C3CC(CN)CN3C)c21. The maximum absolute atomic E-state index is 12.0. The third kappa shape index (κ3) is 2.13. The van der Waals surface area contributed by atoms with Crippen LogP contribution in [0.5, 0.6) is 0 Å². The Labute approximate surface area is 120 Å². The molecule has 0 bridgehead atoms. The average Bonchev–Trinajstić information content (AvgIpc) is 2.83. The van der Waals surface area contributed by atoms with Crippen molar-refractivity contribution >= 4 is 11.6 Å². The number of nitrogens with zero attached hydrogens (tertiary/aromatic N) is 2. The Bertz CT molecular complexity index is 528. The summed E-state index contributed by atoms with van der Waals surface area (Å²) in [7, 11) is 4.06. The summed E-state index contributed by atoms with van der Waals surface area (Å²) in [6, 6.07) is 6.83. The van der Waals surface area contributed by atoms with Gasteiger partial charge in [-0.3, -0.25) is 9.69 Å². The molecule has 20 heavy (non-hydrogen) atoms. The molecule has 2 aliphatic heterocycles. The normalized spacial score (nSPS) is 26.9. The lowest BCUT2D eigenvalue weighted by molar-refractivity contribution is -0.118. The fourth-order valence-corrected chi connectivity index (χ4v) is 3.66. The zero-order chi connectivity index (χ0) is 14.3. The number of para-hydroxylation sites is 1. The second-order valence-electron chi connectivity index (χ2n) is 6.10. The summed E-state index contributed by atoms with van der Waals surface area (Å²) < 4.78 is 0. The third-order valence-electron chi connectivity index (χ3n) is 4.80. The van der Waals surface area contributed by atoms with Gasteiger partial charge < -0.3 is 10.6 Å². The Morgan fingerprint density at radius 3 is 2.80 bits per heavy atom. The molecule has 0 saturated carbocycles. The zero-order valence-electron chi connectivity index (χ0n) is 12.3. The molecule has 2 atom stereocenters. The standard InChI is InChI=1S/C16H23N3O/c1-18-10-11(9-17)8-14(18)13-5-3-4-12-6-7-15(20)19(2)16(12)13/h3-5,11,14H,6-10,17H2,1-2H3. The molecule has 4 nitrogen and oxygen atoms in total. The number of carbonyl (C=O) groups excluding carboxylic acids is 1. The van der Waals surface area contributed by atoms with Gasteiger partial charge in [-0.05, 0) is 43.5 Å². The number of hydrogen-bond donors (Lipinski definition) is 1. The molecule has 108 valence electrons. The van der Waals surface area contributed by atoms with Crippen LogP contribution in [-0.2, 0) is 11.2 Å². The van der Waals surface area contributed by atoms with Gasteiger partial charge >= 0.3 is 0 Å². The van der Waals surface area contributed by atoms with Crippen molar-refractivity contribution in [3.8, 4) is 0 Å². The minimum absolute atomic E-state index is 0.223. The van der Waals surface area contributed by atoms with Crippen molar-refractivity contribution < 1.29 is 4.79 Å². The Balaban J connectivity index is 2.01. The van der Waals surface area contributed by atoms with E-state index in [4.69, 9.17) is 5.73 Å². The molecule has 1 fully saturated rings. The van der Waals surface area contributed by atoms with Gasteiger partial charge in [0.15, 0.2) is 0 Å². The van der Waals surface area contributed by atoms with Gasteiger partial charge in [-0.25, -0.2) is 0 Å². The van der Waals surface area contributed by atoms with Crippen LogP contribution in [0.3, 0.4) is 0 Å². The summed E-state index contributed by atoms with van der Waals surface area (Å²) in [5.41, 5.74) is 9.56. The molecule has 1 aromatic rings. The van der Waals surface area contributed by atoms with Gasteiger partial charge in [0.05, 0.1) is 5.69 Å². The first-order valence-corrected chi connectivity index (χ1v) is 7.40. The smallest absolute Gasteiger partial charge is 0.227 e. The van der Waals surface area contributed by atoms with Crippen LogP contribution >= 0.6 is 0 Å². The number of fused-ring (bicyclic) bond motifs is 1. The van der Waals surface area contributed by atoms with Crippen LogP contribution in [0.2, 0.25) is 0 Å². The number of hydrogen-bond acceptors (Lipinski definition) is 3. The number of aryl methyl sites for hydroxylation is 1. The molecule has 3 rings (SSSR count). The minimum atomic E-state index is 0.223. The van der Waals surface area contributed by atoms with Crippen LogP contribution in [0, 0.1) is 5.92 Å². The van der Waals surface area contributed by atoms with Crippen molar-refractivity contribution in [1.29, 1.82) is 0 Å². The number of benzene rings is 1. The van der Waals surface area contributed by atoms with Crippen molar-refractivity contribution in [1.82, 2.24) is 4.90 Å². The summed E-state index contributed by atoms with van der Waals surface area (Å²) in [4.78, 5) is 16.2. The topological polar surface area (TPSA) is 49.6 Å². The molecule has 4 heteroatoms. The van der Waals surface area contributed by atoms with Crippen LogP contribution in [0.25, 0.3) is 0 Å². The maximum Gasteiger partial charge on any atom is 0.227 e. The summed E-state index contributed by atoms with van der Waals surface area (Å²) in [5.74, 6) is 0.784. The van der Waals surface area contributed by atoms with E-state index in [9.17, 15) is 4.79 Å². The molecule has 2 heterocycles. The fraction of sp³-hybridized carbons (Fsp3) is 0.562. The second kappa shape index (κ2) is 5.19. The first kappa shape index (κ1) is 13.6. The second-order valence-corrected chi connectivity index (χ2v) is 6.10. The summed E-state index contributed by atoms with van der Waals surface area (Å²) in [5, 5.41) is 0. The highest BCUT2D eigenvalue weighted by Crippen LogP contribution is 2.41. The molecule has 1 aromatic carbocycles. The molecule has 0 radical (unpaired) electrons. The van der Waals surface area contributed by atoms with Crippen LogP contribution in [0.4, 0.5) is 5.69 Å². The quantitative estimate of drug-likeness (QED) is 0.889. The van der Waals surface area contributed by atoms with Crippen LogP contribution in [-0.4, -0.2) is 38.0 Å². The Morgan fingerprint density at radius 2 is 2.10 bits per heavy atom. The predicted octanol–water partition coefficient (Wildman–Crippen LogP) is 1.55. The number of amides is 1. The largest absolute Gasteiger partial charge is 0.330 e. The highest BCUT2D eigenvalue weighted by molar-refractivity contribution is 5.96. The molecule has 2 aliphatic rings. The van der Waals surface area contributed by atoms with Crippen molar-refractivity contribution in [2.24, 2.45) is 11.7 Å². The summed E-state index contributed by atoms with van der Waals surface area (Å²) in [6.45, 7) is 1.78. The van der Waals surface area contributed by atoms with Gasteiger partial charge in [0.25, 0.3) is 0 Å². The highest BCUT2D eigenvalue weighted by atomic mass is 16.2. The van der Waals surface area contributed by atoms with Crippen molar-refractivity contribution in [2.45, 2.75) is 25.3 Å². The molecule has 0 aromatic heterocycles. The van der Waals surface area contributed by atoms with E-state index in [0.717, 1.165) is 31.6 Å². The van der Waals surface area contributed by atoms with E-state index >= 15 is 0 Å². The minimum Gasteiger partial charge on any atom is -0.330 e. The Kier molecular flexibility index (Phi) is 3.52. The Morgan fingerprint density at radius 1 is 1.30 bits per heavy atom. The van der Waals surface area contributed by atoms with Crippen molar-refractivity contribution in [2.75, 3.05) is 32.1 Å². The van der Waals surface area contributed by atoms with Crippen LogP contribution < -0.4 is 10.6 Å². The number of nitrogens with two attached hydrogens (primary N) is 1. The third-order valence-corrected chi connectivity index (χ3v) is 4.80. The first-order valence-electron chi connectivity index (χ1n) is 7.40. The lowest BCUT2D eigenvalue weighted by atomic mass is 9.92. The van der Waals surface area contributed by atoms with Gasteiger partial charge in [-0.2, -0.15) is 0 Å². The summed E-state index contributed by atoms with van der Waals surface area (Å²) in [6.07, 6.45) is 2.58. The van der Waals surface area contributed by atoms with E-state index in [1.54, 1.807) is 0 Å². The number of carbonyl (C=O) groups is 1. The van der Waals surface area contributed by atoms with Gasteiger partial charge in [0, 0.05) is 26.1 Å². The van der Waals surface area contributed by atoms with Crippen molar-refractivity contribution in [3.05, 3.63) is 29.3 Å². The monoisotopic (exact) mass is 273 g/mol. The molecular formula is C16H23N3O. The van der Waals surface area contributed by atoms with Gasteiger partial charge in [-0.1, -0.05) is 18.2 Å². The predicted molar refractivity (Wildman–Crippen MR) is 80.7 cm³/mol. The van der Waals surface area contributed by atoms with E-state index < -0.39 is 0 Å². The van der Waals surface area contributed by atoms with E-state index in [-0.39, 0.29) is 5.91 Å². The number of anilines is 1.